The van der Waals surface area contributed by atoms with Crippen molar-refractivity contribution >= 4 is 11.8 Å². The molecule has 0 aliphatic carbocycles. The molecule has 7 nitrogen and oxygen atoms in total. The highest BCUT2D eigenvalue weighted by Crippen LogP contribution is 2.15. The third-order valence-corrected chi connectivity index (χ3v) is 4.13. The highest BCUT2D eigenvalue weighted by molar-refractivity contribution is 5.95. The molecule has 0 unspecified atom stereocenters. The first kappa shape index (κ1) is 19.2. The van der Waals surface area contributed by atoms with Crippen molar-refractivity contribution in [3.05, 3.63) is 23.9 Å². The van der Waals surface area contributed by atoms with Crippen LogP contribution in [0.3, 0.4) is 0 Å². The van der Waals surface area contributed by atoms with Gasteiger partial charge in [-0.1, -0.05) is 6.42 Å². The van der Waals surface area contributed by atoms with Crippen molar-refractivity contribution < 1.29 is 14.3 Å². The third kappa shape index (κ3) is 7.98. The molecule has 1 fully saturated rings. The Morgan fingerprint density at radius 3 is 2.80 bits per heavy atom. The maximum Gasteiger partial charge on any atom is 0.229 e. The van der Waals surface area contributed by atoms with Crippen molar-refractivity contribution in [2.45, 2.75) is 45.1 Å². The highest BCUT2D eigenvalue weighted by Gasteiger charge is 2.11. The smallest absolute Gasteiger partial charge is 0.229 e. The number of rotatable bonds is 10. The lowest BCUT2D eigenvalue weighted by atomic mass is 10.1. The quantitative estimate of drug-likeness (QED) is 0.489. The van der Waals surface area contributed by atoms with Crippen molar-refractivity contribution in [3.8, 4) is 5.88 Å². The van der Waals surface area contributed by atoms with Crippen LogP contribution < -0.4 is 15.8 Å². The number of likely N-dealkylation sites (tertiary alicyclic amines) is 1. The fraction of sp³-hybridized carbons (Fsp3) is 0.611. The van der Waals surface area contributed by atoms with Gasteiger partial charge in [-0.15, -0.1) is 0 Å². The average Bonchev–Trinajstić information content (AvgIpc) is 2.58. The molecule has 0 bridgehead atoms. The van der Waals surface area contributed by atoms with Crippen LogP contribution in [-0.4, -0.2) is 47.9 Å². The van der Waals surface area contributed by atoms with Crippen LogP contribution in [0.2, 0.25) is 0 Å². The maximum absolute atomic E-state index is 11.3. The van der Waals surface area contributed by atoms with Crippen LogP contribution in [0.1, 0.15) is 44.1 Å². The Bertz CT molecular complexity index is 559. The van der Waals surface area contributed by atoms with E-state index in [-0.39, 0.29) is 12.3 Å². The molecule has 1 aliphatic rings. The van der Waals surface area contributed by atoms with E-state index in [2.05, 4.69) is 15.2 Å². The molecule has 0 atom stereocenters. The summed E-state index contributed by atoms with van der Waals surface area (Å²) in [5, 5.41) is 2.65. The van der Waals surface area contributed by atoms with Gasteiger partial charge in [-0.3, -0.25) is 14.5 Å². The number of nitrogens with one attached hydrogen (secondary N) is 1. The van der Waals surface area contributed by atoms with E-state index >= 15 is 0 Å². The number of carbonyl (C=O) groups excluding carboxylic acids is 2. The summed E-state index contributed by atoms with van der Waals surface area (Å²) in [6.45, 7) is 4.34. The number of hydrogen-bond acceptors (Lipinski definition) is 5. The molecule has 2 rings (SSSR count). The normalized spacial score (nSPS) is 14.9. The van der Waals surface area contributed by atoms with Crippen LogP contribution in [0.5, 0.6) is 5.88 Å². The van der Waals surface area contributed by atoms with E-state index in [9.17, 15) is 9.59 Å². The predicted molar refractivity (Wildman–Crippen MR) is 94.9 cm³/mol. The largest absolute Gasteiger partial charge is 0.478 e. The first-order chi connectivity index (χ1) is 12.1. The Morgan fingerprint density at radius 2 is 2.04 bits per heavy atom. The van der Waals surface area contributed by atoms with Gasteiger partial charge in [0.15, 0.2) is 0 Å². The fourth-order valence-corrected chi connectivity index (χ4v) is 2.86. The first-order valence-corrected chi connectivity index (χ1v) is 8.98. The number of aromatic nitrogens is 1. The van der Waals surface area contributed by atoms with Crippen molar-refractivity contribution in [1.82, 2.24) is 15.2 Å². The van der Waals surface area contributed by atoms with E-state index in [0.717, 1.165) is 19.4 Å². The number of ether oxygens (including phenoxy) is 1. The Hall–Kier alpha value is -2.15. The molecular formula is C18H28N4O3. The van der Waals surface area contributed by atoms with Gasteiger partial charge in [0.25, 0.3) is 0 Å². The van der Waals surface area contributed by atoms with E-state index in [1.54, 1.807) is 6.20 Å². The lowest BCUT2D eigenvalue weighted by Crippen LogP contribution is -2.29. The number of amides is 2. The molecule has 1 aromatic heterocycles. The summed E-state index contributed by atoms with van der Waals surface area (Å²) in [4.78, 5) is 28.6. The van der Waals surface area contributed by atoms with E-state index in [0.29, 0.717) is 19.0 Å². The van der Waals surface area contributed by atoms with Crippen LogP contribution in [0, 0.1) is 0 Å². The van der Waals surface area contributed by atoms with Gasteiger partial charge >= 0.3 is 0 Å². The second-order valence-corrected chi connectivity index (χ2v) is 6.39. The number of primary amides is 1. The molecule has 0 spiro atoms. The lowest BCUT2D eigenvalue weighted by molar-refractivity contribution is -0.127. The maximum atomic E-state index is 11.3. The summed E-state index contributed by atoms with van der Waals surface area (Å²) in [6.07, 6.45) is 7.01. The highest BCUT2D eigenvalue weighted by atomic mass is 16.5. The van der Waals surface area contributed by atoms with Gasteiger partial charge in [-0.05, 0) is 50.4 Å². The van der Waals surface area contributed by atoms with Gasteiger partial charge < -0.3 is 15.8 Å². The molecule has 25 heavy (non-hydrogen) atoms. The van der Waals surface area contributed by atoms with Gasteiger partial charge in [-0.25, -0.2) is 4.98 Å². The van der Waals surface area contributed by atoms with Gasteiger partial charge in [-0.2, -0.15) is 0 Å². The predicted octanol–water partition coefficient (Wildman–Crippen LogP) is 1.22. The number of hydrogen-bond donors (Lipinski definition) is 2. The van der Waals surface area contributed by atoms with Crippen LogP contribution in [0.25, 0.3) is 0 Å². The molecule has 0 radical (unpaired) electrons. The topological polar surface area (TPSA) is 97.5 Å². The summed E-state index contributed by atoms with van der Waals surface area (Å²) in [7, 11) is 0. The van der Waals surface area contributed by atoms with Crippen LogP contribution in [-0.2, 0) is 16.1 Å². The van der Waals surface area contributed by atoms with E-state index in [1.165, 1.54) is 37.9 Å². The monoisotopic (exact) mass is 348 g/mol. The zero-order valence-electron chi connectivity index (χ0n) is 14.7. The van der Waals surface area contributed by atoms with Crippen LogP contribution in [0.15, 0.2) is 18.3 Å². The van der Waals surface area contributed by atoms with Crippen molar-refractivity contribution in [2.24, 2.45) is 5.73 Å². The van der Waals surface area contributed by atoms with Crippen molar-refractivity contribution in [2.75, 3.05) is 26.2 Å². The number of carbonyl (C=O) groups is 2. The zero-order valence-corrected chi connectivity index (χ0v) is 14.7. The molecule has 138 valence electrons. The summed E-state index contributed by atoms with van der Waals surface area (Å²) < 4.78 is 5.69. The Balaban J connectivity index is 1.61. The number of pyridine rings is 1. The minimum absolute atomic E-state index is 0.260. The summed E-state index contributed by atoms with van der Waals surface area (Å²) in [5.74, 6) is -0.302. The molecule has 3 N–H and O–H groups in total. The minimum atomic E-state index is -0.614. The van der Waals surface area contributed by atoms with E-state index in [1.807, 2.05) is 12.1 Å². The van der Waals surface area contributed by atoms with Crippen molar-refractivity contribution in [1.29, 1.82) is 0 Å². The number of nitrogens with zero attached hydrogens (tertiary/aromatic N) is 2. The van der Waals surface area contributed by atoms with Gasteiger partial charge in [0, 0.05) is 25.4 Å². The second kappa shape index (κ2) is 10.7. The number of piperidine rings is 1. The molecule has 0 aromatic carbocycles. The van der Waals surface area contributed by atoms with Crippen molar-refractivity contribution in [3.63, 3.8) is 0 Å². The van der Waals surface area contributed by atoms with E-state index in [4.69, 9.17) is 10.5 Å². The SMILES string of the molecule is NC(=O)CC(=O)NCCCCOc1cc(CN2CCCCC2)ccn1. The van der Waals surface area contributed by atoms with Gasteiger partial charge in [0.1, 0.15) is 6.42 Å². The first-order valence-electron chi connectivity index (χ1n) is 8.98. The van der Waals surface area contributed by atoms with Crippen LogP contribution in [0.4, 0.5) is 0 Å². The minimum Gasteiger partial charge on any atom is -0.478 e. The summed E-state index contributed by atoms with van der Waals surface area (Å²) in [6, 6.07) is 4.04. The molecule has 2 heterocycles. The molecule has 1 aromatic rings. The molecule has 1 saturated heterocycles. The molecule has 2 amide bonds. The molecular weight excluding hydrogens is 320 g/mol. The van der Waals surface area contributed by atoms with Crippen LogP contribution >= 0.6 is 0 Å². The Kier molecular flexibility index (Phi) is 8.18. The van der Waals surface area contributed by atoms with Gasteiger partial charge in [0.05, 0.1) is 6.61 Å². The van der Waals surface area contributed by atoms with E-state index < -0.39 is 5.91 Å². The van der Waals surface area contributed by atoms with Gasteiger partial charge in [0.2, 0.25) is 17.7 Å². The molecule has 7 heteroatoms. The third-order valence-electron chi connectivity index (χ3n) is 4.13. The summed E-state index contributed by atoms with van der Waals surface area (Å²) >= 11 is 0. The number of nitrogens with two attached hydrogens (primary N) is 1. The summed E-state index contributed by atoms with van der Waals surface area (Å²) in [5.41, 5.74) is 6.18. The Morgan fingerprint density at radius 1 is 1.24 bits per heavy atom. The zero-order chi connectivity index (χ0) is 17.9. The number of unbranched alkanes of at least 4 members (excludes halogenated alkanes) is 1. The second-order valence-electron chi connectivity index (χ2n) is 6.39. The Labute approximate surface area is 148 Å². The standard InChI is InChI=1S/C18H28N4O3/c19-16(23)13-17(24)20-7-2-5-11-25-18-12-15(6-8-21-18)14-22-9-3-1-4-10-22/h6,8,12H,1-5,7,9-11,13-14H2,(H2,19,23)(H,20,24). The molecule has 1 aliphatic heterocycles. The lowest BCUT2D eigenvalue weighted by Gasteiger charge is -2.26. The molecule has 0 saturated carbocycles. The average molecular weight is 348 g/mol. The fourth-order valence-electron chi connectivity index (χ4n) is 2.86.